The van der Waals surface area contributed by atoms with E-state index in [4.69, 9.17) is 23.4 Å². The molecule has 1 unspecified atom stereocenters. The molecule has 2 aromatic carbocycles. The molecule has 9 nitrogen and oxygen atoms in total. The molecule has 0 fully saturated rings. The van der Waals surface area contributed by atoms with Crippen molar-refractivity contribution in [1.29, 1.82) is 0 Å². The van der Waals surface area contributed by atoms with E-state index in [-0.39, 0.29) is 18.1 Å². The molecule has 10 heteroatoms. The van der Waals surface area contributed by atoms with Gasteiger partial charge in [0.05, 0.1) is 31.8 Å². The molecule has 1 N–H and O–H groups in total. The Hall–Kier alpha value is -4.31. The summed E-state index contributed by atoms with van der Waals surface area (Å²) in [6.45, 7) is 7.43. The number of hydrogen-bond acceptors (Lipinski definition) is 9. The van der Waals surface area contributed by atoms with Gasteiger partial charge in [0, 0.05) is 10.4 Å². The van der Waals surface area contributed by atoms with E-state index in [1.165, 1.54) is 25.6 Å². The quantitative estimate of drug-likeness (QED) is 0.216. The average Bonchev–Trinajstić information content (AvgIpc) is 3.33. The van der Waals surface area contributed by atoms with Crippen molar-refractivity contribution in [2.45, 2.75) is 47.0 Å². The van der Waals surface area contributed by atoms with Crippen LogP contribution >= 0.6 is 11.3 Å². The third-order valence-electron chi connectivity index (χ3n) is 7.52. The molecule has 1 aliphatic carbocycles. The van der Waals surface area contributed by atoms with Crippen LogP contribution in [0.5, 0.6) is 17.2 Å². The zero-order valence-electron chi connectivity index (χ0n) is 25.2. The number of esters is 1. The van der Waals surface area contributed by atoms with Crippen LogP contribution in [0.3, 0.4) is 0 Å². The zero-order chi connectivity index (χ0) is 30.8. The Kier molecular flexibility index (Phi) is 8.77. The van der Waals surface area contributed by atoms with Crippen LogP contribution in [0.25, 0.3) is 22.3 Å². The van der Waals surface area contributed by atoms with E-state index in [2.05, 4.69) is 12.2 Å². The monoisotopic (exact) mass is 605 g/mol. The Morgan fingerprint density at radius 1 is 1.09 bits per heavy atom. The predicted molar refractivity (Wildman–Crippen MR) is 166 cm³/mol. The lowest BCUT2D eigenvalue weighted by molar-refractivity contribution is -0.118. The fraction of sp³-hybridized carbons (Fsp3) is 0.364. The van der Waals surface area contributed by atoms with E-state index in [1.54, 1.807) is 31.2 Å². The summed E-state index contributed by atoms with van der Waals surface area (Å²) in [5, 5.41) is 3.63. The van der Waals surface area contributed by atoms with Crippen LogP contribution in [0.2, 0.25) is 0 Å². The van der Waals surface area contributed by atoms with Crippen molar-refractivity contribution in [1.82, 2.24) is 0 Å². The number of ether oxygens (including phenoxy) is 4. The first-order valence-electron chi connectivity index (χ1n) is 14.2. The van der Waals surface area contributed by atoms with Gasteiger partial charge >= 0.3 is 5.97 Å². The van der Waals surface area contributed by atoms with Gasteiger partial charge < -0.3 is 28.7 Å². The summed E-state index contributed by atoms with van der Waals surface area (Å²) in [5.74, 6) is 0.513. The van der Waals surface area contributed by atoms with E-state index in [0.717, 1.165) is 40.8 Å². The molecule has 4 aromatic rings. The number of aryl methyl sites for hydroxylation is 2. The van der Waals surface area contributed by atoms with Crippen molar-refractivity contribution in [2.24, 2.45) is 5.92 Å². The molecule has 1 amide bonds. The summed E-state index contributed by atoms with van der Waals surface area (Å²) < 4.78 is 28.4. The van der Waals surface area contributed by atoms with Crippen molar-refractivity contribution in [2.75, 3.05) is 32.8 Å². The molecule has 2 aromatic heterocycles. The highest BCUT2D eigenvalue weighted by molar-refractivity contribution is 7.17. The van der Waals surface area contributed by atoms with Gasteiger partial charge in [-0.05, 0) is 86.9 Å². The second-order valence-electron chi connectivity index (χ2n) is 10.7. The molecule has 0 aliphatic heterocycles. The summed E-state index contributed by atoms with van der Waals surface area (Å²) in [5.41, 5.74) is 3.56. The van der Waals surface area contributed by atoms with Crippen molar-refractivity contribution >= 4 is 39.2 Å². The highest BCUT2D eigenvalue weighted by atomic mass is 32.1. The van der Waals surface area contributed by atoms with Gasteiger partial charge in [-0.2, -0.15) is 0 Å². The van der Waals surface area contributed by atoms with Gasteiger partial charge in [-0.15, -0.1) is 11.3 Å². The minimum absolute atomic E-state index is 0.107. The third kappa shape index (κ3) is 5.97. The third-order valence-corrected chi connectivity index (χ3v) is 8.69. The Bertz CT molecular complexity index is 1770. The van der Waals surface area contributed by atoms with Gasteiger partial charge in [0.15, 0.2) is 23.9 Å². The van der Waals surface area contributed by atoms with Crippen LogP contribution in [0.1, 0.15) is 52.2 Å². The molecule has 0 bridgehead atoms. The van der Waals surface area contributed by atoms with Gasteiger partial charge in [0.25, 0.3) is 5.91 Å². The van der Waals surface area contributed by atoms with Crippen molar-refractivity contribution in [3.63, 3.8) is 0 Å². The molecule has 226 valence electrons. The van der Waals surface area contributed by atoms with Crippen LogP contribution in [0.15, 0.2) is 39.5 Å². The second kappa shape index (κ2) is 12.5. The van der Waals surface area contributed by atoms with E-state index < -0.39 is 23.9 Å². The second-order valence-corrected chi connectivity index (χ2v) is 11.8. The normalized spacial score (nSPS) is 14.2. The van der Waals surface area contributed by atoms with Crippen LogP contribution < -0.4 is 25.0 Å². The largest absolute Gasteiger partial charge is 0.493 e. The summed E-state index contributed by atoms with van der Waals surface area (Å²) in [7, 11) is 3.05. The summed E-state index contributed by atoms with van der Waals surface area (Å²) >= 11 is 1.39. The first-order valence-corrected chi connectivity index (χ1v) is 15.0. The lowest BCUT2D eigenvalue weighted by Gasteiger charge is -2.18. The topological polar surface area (TPSA) is 113 Å². The number of carbonyl (C=O) groups is 2. The van der Waals surface area contributed by atoms with Crippen LogP contribution in [0.4, 0.5) is 5.00 Å². The number of anilines is 1. The predicted octanol–water partition coefficient (Wildman–Crippen LogP) is 6.47. The van der Waals surface area contributed by atoms with Crippen LogP contribution in [0, 0.1) is 19.8 Å². The number of rotatable bonds is 9. The smallest absolute Gasteiger partial charge is 0.341 e. The number of hydrogen-bond donors (Lipinski definition) is 1. The molecule has 0 saturated carbocycles. The summed E-state index contributed by atoms with van der Waals surface area (Å²) in [6.07, 6.45) is 2.55. The standard InChI is InChI=1S/C33H35NO8S/c1-7-40-33(37)27-21-10-8-17(2)14-25(21)43-32(27)34-26(35)16-41-31-28(36)22-13-18(3)12-19(4)29(22)42-30(31)20-9-11-23(38-5)24(15-20)39-6/h9,11-13,15,17H,7-8,10,14,16H2,1-6H3,(H,34,35). The maximum atomic E-state index is 13.8. The molecule has 0 spiro atoms. The molecule has 1 aliphatic rings. The first-order chi connectivity index (χ1) is 20.6. The minimum atomic E-state index is -0.518. The molecule has 5 rings (SSSR count). The summed E-state index contributed by atoms with van der Waals surface area (Å²) in [6, 6.07) is 8.78. The molecule has 43 heavy (non-hydrogen) atoms. The Morgan fingerprint density at radius 2 is 1.86 bits per heavy atom. The van der Waals surface area contributed by atoms with Crippen molar-refractivity contribution in [3.05, 3.63) is 67.7 Å². The number of carbonyl (C=O) groups excluding carboxylic acids is 2. The number of methoxy groups -OCH3 is 2. The average molecular weight is 606 g/mol. The zero-order valence-corrected chi connectivity index (χ0v) is 26.0. The molecular formula is C33H35NO8S. The lowest BCUT2D eigenvalue weighted by atomic mass is 9.88. The fourth-order valence-electron chi connectivity index (χ4n) is 5.49. The Labute approximate surface area is 253 Å². The molecule has 0 saturated heterocycles. The van der Waals surface area contributed by atoms with E-state index >= 15 is 0 Å². The number of fused-ring (bicyclic) bond motifs is 2. The number of benzene rings is 2. The highest BCUT2D eigenvalue weighted by Gasteiger charge is 2.29. The van der Waals surface area contributed by atoms with Crippen LogP contribution in [-0.4, -0.2) is 39.3 Å². The molecule has 2 heterocycles. The lowest BCUT2D eigenvalue weighted by Crippen LogP contribution is -2.23. The summed E-state index contributed by atoms with van der Waals surface area (Å²) in [4.78, 5) is 41.1. The molecule has 0 radical (unpaired) electrons. The maximum Gasteiger partial charge on any atom is 0.341 e. The van der Waals surface area contributed by atoms with Gasteiger partial charge in [-0.1, -0.05) is 13.0 Å². The number of nitrogens with one attached hydrogen (secondary N) is 1. The van der Waals surface area contributed by atoms with Gasteiger partial charge in [0.2, 0.25) is 11.2 Å². The Morgan fingerprint density at radius 3 is 2.58 bits per heavy atom. The maximum absolute atomic E-state index is 13.8. The van der Waals surface area contributed by atoms with E-state index in [1.807, 2.05) is 19.9 Å². The first kappa shape index (κ1) is 30.2. The van der Waals surface area contributed by atoms with Gasteiger partial charge in [-0.3, -0.25) is 9.59 Å². The van der Waals surface area contributed by atoms with Crippen molar-refractivity contribution in [3.8, 4) is 28.6 Å². The molecule has 1 atom stereocenters. The molecular weight excluding hydrogens is 570 g/mol. The van der Waals surface area contributed by atoms with E-state index in [0.29, 0.717) is 44.5 Å². The SMILES string of the molecule is CCOC(=O)c1c(NC(=O)COc2c(-c3ccc(OC)c(OC)c3)oc3c(C)cc(C)cc3c2=O)sc2c1CCC(C)C2. The number of thiophene rings is 1. The Balaban J connectivity index is 1.51. The number of amides is 1. The van der Waals surface area contributed by atoms with Gasteiger partial charge in [-0.25, -0.2) is 4.79 Å². The minimum Gasteiger partial charge on any atom is -0.493 e. The van der Waals surface area contributed by atoms with E-state index in [9.17, 15) is 14.4 Å². The highest BCUT2D eigenvalue weighted by Crippen LogP contribution is 2.41. The van der Waals surface area contributed by atoms with Crippen molar-refractivity contribution < 1.29 is 33.0 Å². The van der Waals surface area contributed by atoms with Crippen LogP contribution in [-0.2, 0) is 22.4 Å². The fourth-order valence-corrected chi connectivity index (χ4v) is 6.90. The van der Waals surface area contributed by atoms with Gasteiger partial charge in [0.1, 0.15) is 10.6 Å².